The molecule has 5 aromatic rings. The number of nitrogens with zero attached hydrogens (tertiary/aromatic N) is 4. The van der Waals surface area contributed by atoms with Crippen molar-refractivity contribution in [1.82, 2.24) is 9.55 Å². The lowest BCUT2D eigenvalue weighted by Crippen LogP contribution is -1.99. The quantitative estimate of drug-likeness (QED) is 0.277. The van der Waals surface area contributed by atoms with Crippen LogP contribution < -0.4 is 4.74 Å². The molecule has 7 nitrogen and oxygen atoms in total. The third-order valence-electron chi connectivity index (χ3n) is 5.92. The summed E-state index contributed by atoms with van der Waals surface area (Å²) in [6.07, 6.45) is 0.842. The average Bonchev–Trinajstić information content (AvgIpc) is 3.17. The van der Waals surface area contributed by atoms with E-state index in [1.165, 1.54) is 0 Å². The van der Waals surface area contributed by atoms with Crippen LogP contribution in [0.15, 0.2) is 89.1 Å². The van der Waals surface area contributed by atoms with Gasteiger partial charge in [-0.25, -0.2) is 4.98 Å². The van der Waals surface area contributed by atoms with Crippen molar-refractivity contribution in [2.24, 2.45) is 10.2 Å². The number of methoxy groups -OCH3 is 1. The van der Waals surface area contributed by atoms with Crippen molar-refractivity contribution in [3.8, 4) is 22.9 Å². The predicted molar refractivity (Wildman–Crippen MR) is 136 cm³/mol. The van der Waals surface area contributed by atoms with Gasteiger partial charge in [-0.05, 0) is 36.8 Å². The molecule has 35 heavy (non-hydrogen) atoms. The maximum Gasteiger partial charge on any atom is 0.296 e. The van der Waals surface area contributed by atoms with E-state index in [2.05, 4.69) is 10.2 Å². The molecule has 0 fully saturated rings. The van der Waals surface area contributed by atoms with E-state index in [1.807, 2.05) is 67.6 Å². The second-order valence-electron chi connectivity index (χ2n) is 8.15. The number of rotatable bonds is 6. The summed E-state index contributed by atoms with van der Waals surface area (Å²) in [5, 5.41) is 20.4. The molecule has 0 aliphatic rings. The van der Waals surface area contributed by atoms with Gasteiger partial charge in [-0.3, -0.25) is 4.79 Å². The zero-order valence-corrected chi connectivity index (χ0v) is 19.5. The first-order chi connectivity index (χ1) is 17.1. The van der Waals surface area contributed by atoms with E-state index in [-0.39, 0.29) is 11.6 Å². The zero-order valence-electron chi connectivity index (χ0n) is 19.5. The highest BCUT2D eigenvalue weighted by Crippen LogP contribution is 2.39. The Hall–Kier alpha value is -4.52. The van der Waals surface area contributed by atoms with Crippen molar-refractivity contribution in [2.45, 2.75) is 19.9 Å². The van der Waals surface area contributed by atoms with E-state index in [9.17, 15) is 9.90 Å². The van der Waals surface area contributed by atoms with Crippen LogP contribution in [0.25, 0.3) is 33.1 Å². The van der Waals surface area contributed by atoms with E-state index in [1.54, 1.807) is 29.9 Å². The summed E-state index contributed by atoms with van der Waals surface area (Å²) in [5.74, 6) is 0.0726. The van der Waals surface area contributed by atoms with Crippen LogP contribution in [0.3, 0.4) is 0 Å². The first-order valence-corrected chi connectivity index (χ1v) is 11.4. The molecule has 0 spiro atoms. The first kappa shape index (κ1) is 22.3. The minimum atomic E-state index is -0.533. The number of pyridine rings is 1. The number of para-hydroxylation sites is 1. The number of aromatic nitrogens is 2. The van der Waals surface area contributed by atoms with Crippen molar-refractivity contribution in [3.05, 3.63) is 84.4 Å². The second kappa shape index (κ2) is 9.38. The second-order valence-corrected chi connectivity index (χ2v) is 8.15. The number of amides is 1. The highest BCUT2D eigenvalue weighted by molar-refractivity contribution is 6.08. The van der Waals surface area contributed by atoms with Crippen molar-refractivity contribution >= 4 is 33.4 Å². The third-order valence-corrected chi connectivity index (χ3v) is 5.92. The Bertz CT molecular complexity index is 1570. The number of carbonyl (C=O) groups excluding carboxylic acids is 1. The Morgan fingerprint density at radius 2 is 1.77 bits per heavy atom. The summed E-state index contributed by atoms with van der Waals surface area (Å²) < 4.78 is 7.15. The Morgan fingerprint density at radius 1 is 1.00 bits per heavy atom. The summed E-state index contributed by atoms with van der Waals surface area (Å²) >= 11 is 0. The molecule has 1 amide bonds. The number of hydrogen-bond donors (Lipinski definition) is 1. The maximum atomic E-state index is 13.4. The molecule has 2 heterocycles. The smallest absolute Gasteiger partial charge is 0.296 e. The molecule has 0 aliphatic carbocycles. The molecule has 0 bridgehead atoms. The Kier molecular flexibility index (Phi) is 5.97. The van der Waals surface area contributed by atoms with E-state index in [4.69, 9.17) is 9.72 Å². The number of azo groups is 1. The number of aromatic hydroxyl groups is 1. The molecule has 0 saturated heterocycles. The maximum absolute atomic E-state index is 13.4. The summed E-state index contributed by atoms with van der Waals surface area (Å²) in [5.41, 5.74) is 3.67. The van der Waals surface area contributed by atoms with Crippen LogP contribution in [-0.2, 0) is 6.54 Å². The summed E-state index contributed by atoms with van der Waals surface area (Å²) in [4.78, 5) is 18.1. The lowest BCUT2D eigenvalue weighted by atomic mass is 10.0. The molecular formula is C28H24N4O3. The number of fused-ring (bicyclic) bond motifs is 2. The van der Waals surface area contributed by atoms with Crippen LogP contribution in [0.2, 0.25) is 0 Å². The average molecular weight is 465 g/mol. The topological polar surface area (TPSA) is 89.1 Å². The zero-order chi connectivity index (χ0) is 24.4. The lowest BCUT2D eigenvalue weighted by molar-refractivity contribution is 0.0996. The van der Waals surface area contributed by atoms with E-state index in [0.29, 0.717) is 34.5 Å². The molecule has 1 N–H and O–H groups in total. The predicted octanol–water partition coefficient (Wildman–Crippen LogP) is 6.90. The fraction of sp³-hybridized carbons (Fsp3) is 0.143. The molecule has 0 saturated carbocycles. The molecule has 174 valence electrons. The fourth-order valence-corrected chi connectivity index (χ4v) is 4.24. The highest BCUT2D eigenvalue weighted by Gasteiger charge is 2.18. The van der Waals surface area contributed by atoms with Crippen molar-refractivity contribution in [2.75, 3.05) is 7.11 Å². The summed E-state index contributed by atoms with van der Waals surface area (Å²) in [6.45, 7) is 2.66. The van der Waals surface area contributed by atoms with Crippen molar-refractivity contribution in [1.29, 1.82) is 0 Å². The number of benzene rings is 3. The van der Waals surface area contributed by atoms with E-state index < -0.39 is 5.91 Å². The Morgan fingerprint density at radius 3 is 2.54 bits per heavy atom. The lowest BCUT2D eigenvalue weighted by Gasteiger charge is -2.09. The molecule has 0 atom stereocenters. The monoisotopic (exact) mass is 464 g/mol. The number of hydrogen-bond acceptors (Lipinski definition) is 5. The first-order valence-electron chi connectivity index (χ1n) is 11.4. The Balaban J connectivity index is 1.63. The number of ether oxygens (including phenoxy) is 1. The molecular weight excluding hydrogens is 440 g/mol. The van der Waals surface area contributed by atoms with Crippen LogP contribution in [0.5, 0.6) is 11.6 Å². The van der Waals surface area contributed by atoms with Gasteiger partial charge in [0, 0.05) is 22.9 Å². The van der Waals surface area contributed by atoms with Crippen LogP contribution >= 0.6 is 0 Å². The molecule has 7 heteroatoms. The van der Waals surface area contributed by atoms with Crippen LogP contribution in [0.4, 0.5) is 5.69 Å². The van der Waals surface area contributed by atoms with Crippen molar-refractivity contribution < 1.29 is 14.6 Å². The van der Waals surface area contributed by atoms with Gasteiger partial charge in [-0.1, -0.05) is 55.5 Å². The van der Waals surface area contributed by atoms with E-state index >= 15 is 0 Å². The van der Waals surface area contributed by atoms with Gasteiger partial charge in [-0.2, -0.15) is 0 Å². The van der Waals surface area contributed by atoms with Gasteiger partial charge in [0.25, 0.3) is 5.91 Å². The third kappa shape index (κ3) is 4.12. The normalized spacial score (nSPS) is 11.5. The Labute approximate surface area is 202 Å². The van der Waals surface area contributed by atoms with Crippen LogP contribution in [-0.4, -0.2) is 27.7 Å². The molecule has 3 aromatic carbocycles. The van der Waals surface area contributed by atoms with Crippen LogP contribution in [0, 0.1) is 0 Å². The van der Waals surface area contributed by atoms with Gasteiger partial charge in [0.05, 0.1) is 29.4 Å². The SMILES string of the molecule is CCCn1c(O)c(N=NC(=O)c2cc(-c3ccccc3)nc3ccc(OC)cc23)c2ccccc21. The number of carbonyl (C=O) groups is 1. The van der Waals surface area contributed by atoms with Gasteiger partial charge in [0.15, 0.2) is 5.69 Å². The van der Waals surface area contributed by atoms with E-state index in [0.717, 1.165) is 22.9 Å². The minimum Gasteiger partial charge on any atom is -0.497 e. The van der Waals surface area contributed by atoms with Gasteiger partial charge in [-0.15, -0.1) is 10.2 Å². The minimum absolute atomic E-state index is 0.00386. The molecule has 0 radical (unpaired) electrons. The molecule has 5 rings (SSSR count). The van der Waals surface area contributed by atoms with Gasteiger partial charge < -0.3 is 14.4 Å². The van der Waals surface area contributed by atoms with Crippen LogP contribution in [0.1, 0.15) is 23.7 Å². The largest absolute Gasteiger partial charge is 0.497 e. The molecule has 0 aliphatic heterocycles. The number of aryl methyl sites for hydroxylation is 1. The van der Waals surface area contributed by atoms with Gasteiger partial charge >= 0.3 is 0 Å². The summed E-state index contributed by atoms with van der Waals surface area (Å²) in [7, 11) is 1.57. The van der Waals surface area contributed by atoms with Gasteiger partial charge in [0.1, 0.15) is 5.75 Å². The molecule has 0 unspecified atom stereocenters. The molecule has 2 aromatic heterocycles. The standard InChI is InChI=1S/C28H24N4O3/c1-3-15-32-25-12-8-7-11-20(25)26(28(32)34)30-31-27(33)22-17-24(18-9-5-4-6-10-18)29-23-14-13-19(35-2)16-21(22)23/h4-14,16-17,34H,3,15H2,1-2H3. The fourth-order valence-electron chi connectivity index (χ4n) is 4.24. The van der Waals surface area contributed by atoms with Crippen molar-refractivity contribution in [3.63, 3.8) is 0 Å². The van der Waals surface area contributed by atoms with Gasteiger partial charge in [0.2, 0.25) is 5.88 Å². The summed E-state index contributed by atoms with van der Waals surface area (Å²) in [6, 6.07) is 24.3. The highest BCUT2D eigenvalue weighted by atomic mass is 16.5.